The number of halogens is 2. The van der Waals surface area contributed by atoms with E-state index in [-0.39, 0.29) is 17.3 Å². The van der Waals surface area contributed by atoms with Gasteiger partial charge in [-0.25, -0.2) is 8.78 Å². The van der Waals surface area contributed by atoms with Gasteiger partial charge in [-0.15, -0.1) is 0 Å². The van der Waals surface area contributed by atoms with Crippen molar-refractivity contribution in [1.82, 2.24) is 4.90 Å². The molecule has 0 fully saturated rings. The molecule has 0 spiro atoms. The van der Waals surface area contributed by atoms with Crippen molar-refractivity contribution in [2.45, 2.75) is 26.8 Å². The molecular formula is C15H22F2N2O2. The Labute approximate surface area is 124 Å². The van der Waals surface area contributed by atoms with Gasteiger partial charge in [0.05, 0.1) is 6.61 Å². The minimum absolute atomic E-state index is 0.00328. The summed E-state index contributed by atoms with van der Waals surface area (Å²) in [4.78, 5) is 13.9. The molecule has 0 unspecified atom stereocenters. The highest BCUT2D eigenvalue weighted by molar-refractivity contribution is 5.94. The summed E-state index contributed by atoms with van der Waals surface area (Å²) in [6.07, 6.45) is 0. The minimum atomic E-state index is -0.768. The largest absolute Gasteiger partial charge is 0.383 e. The summed E-state index contributed by atoms with van der Waals surface area (Å²) >= 11 is 0. The molecule has 1 aromatic carbocycles. The van der Waals surface area contributed by atoms with Crippen LogP contribution in [-0.2, 0) is 4.74 Å². The van der Waals surface area contributed by atoms with Crippen LogP contribution in [0.5, 0.6) is 0 Å². The van der Waals surface area contributed by atoms with E-state index in [1.165, 1.54) is 12.0 Å². The zero-order valence-electron chi connectivity index (χ0n) is 12.9. The van der Waals surface area contributed by atoms with Gasteiger partial charge in [0.1, 0.15) is 17.3 Å². The Hall–Kier alpha value is -1.69. The van der Waals surface area contributed by atoms with Gasteiger partial charge in [-0.2, -0.15) is 0 Å². The van der Waals surface area contributed by atoms with Crippen LogP contribution < -0.4 is 5.32 Å². The second-order valence-electron chi connectivity index (χ2n) is 4.93. The maximum atomic E-state index is 13.9. The molecule has 0 aliphatic carbocycles. The van der Waals surface area contributed by atoms with Crippen molar-refractivity contribution in [3.63, 3.8) is 0 Å². The highest BCUT2D eigenvalue weighted by Gasteiger charge is 2.21. The third kappa shape index (κ3) is 4.39. The molecule has 4 nitrogen and oxygen atoms in total. The number of carbonyl (C=O) groups is 1. The van der Waals surface area contributed by atoms with Crippen molar-refractivity contribution in [3.05, 3.63) is 29.3 Å². The van der Waals surface area contributed by atoms with Crippen LogP contribution in [0.2, 0.25) is 0 Å². The Bertz CT molecular complexity index is 470. The lowest BCUT2D eigenvalue weighted by atomic mass is 10.1. The normalized spacial score (nSPS) is 10.8. The molecule has 1 amide bonds. The molecule has 0 saturated carbocycles. The Morgan fingerprint density at radius 2 is 1.90 bits per heavy atom. The number of methoxy groups -OCH3 is 1. The first kappa shape index (κ1) is 17.4. The van der Waals surface area contributed by atoms with Crippen LogP contribution in [0.25, 0.3) is 0 Å². The maximum Gasteiger partial charge on any atom is 0.254 e. The minimum Gasteiger partial charge on any atom is -0.383 e. The first-order valence-electron chi connectivity index (χ1n) is 6.95. The fourth-order valence-corrected chi connectivity index (χ4v) is 1.99. The van der Waals surface area contributed by atoms with Crippen LogP contribution in [-0.4, -0.2) is 43.7 Å². The summed E-state index contributed by atoms with van der Waals surface area (Å²) in [7, 11) is 1.54. The predicted molar refractivity (Wildman–Crippen MR) is 78.6 cm³/mol. The summed E-state index contributed by atoms with van der Waals surface area (Å²) in [6, 6.07) is 2.03. The summed E-state index contributed by atoms with van der Waals surface area (Å²) in [5.74, 6) is -1.95. The molecule has 0 aromatic heterocycles. The summed E-state index contributed by atoms with van der Waals surface area (Å²) in [6.45, 7) is 6.55. The molecule has 0 radical (unpaired) electrons. The second-order valence-corrected chi connectivity index (χ2v) is 4.93. The average molecular weight is 300 g/mol. The Balaban J connectivity index is 3.05. The first-order chi connectivity index (χ1) is 9.92. The number of nitrogens with zero attached hydrogens (tertiary/aromatic N) is 1. The van der Waals surface area contributed by atoms with Crippen LogP contribution in [0.1, 0.15) is 31.1 Å². The zero-order valence-corrected chi connectivity index (χ0v) is 12.9. The Morgan fingerprint density at radius 3 is 2.33 bits per heavy atom. The second kappa shape index (κ2) is 7.93. The number of anilines is 1. The highest BCUT2D eigenvalue weighted by atomic mass is 19.1. The molecule has 1 aromatic rings. The van der Waals surface area contributed by atoms with E-state index in [1.807, 2.05) is 13.8 Å². The molecular weight excluding hydrogens is 278 g/mol. The number of amides is 1. The van der Waals surface area contributed by atoms with Crippen LogP contribution in [0.3, 0.4) is 0 Å². The molecule has 21 heavy (non-hydrogen) atoms. The molecule has 118 valence electrons. The van der Waals surface area contributed by atoms with Crippen LogP contribution in [0, 0.1) is 11.6 Å². The van der Waals surface area contributed by atoms with Crippen molar-refractivity contribution in [3.8, 4) is 0 Å². The van der Waals surface area contributed by atoms with E-state index in [4.69, 9.17) is 4.74 Å². The molecule has 0 saturated heterocycles. The van der Waals surface area contributed by atoms with Gasteiger partial charge in [0.2, 0.25) is 0 Å². The van der Waals surface area contributed by atoms with Crippen molar-refractivity contribution >= 4 is 11.6 Å². The van der Waals surface area contributed by atoms with E-state index >= 15 is 0 Å². The van der Waals surface area contributed by atoms with Gasteiger partial charge in [-0.1, -0.05) is 0 Å². The number of carbonyl (C=O) groups excluding carboxylic acids is 1. The standard InChI is InChI=1S/C15H22F2N2O2/c1-5-18-14-12(16)8-11(9-13(14)17)15(20)19(10(2)3)6-7-21-4/h8-10,18H,5-7H2,1-4H3. The summed E-state index contributed by atoms with van der Waals surface area (Å²) in [5.41, 5.74) is -0.210. The molecule has 1 rings (SSSR count). The first-order valence-corrected chi connectivity index (χ1v) is 6.95. The molecule has 1 N–H and O–H groups in total. The average Bonchev–Trinajstić information content (AvgIpc) is 2.42. The smallest absolute Gasteiger partial charge is 0.254 e. The SMILES string of the molecule is CCNc1c(F)cc(C(=O)N(CCOC)C(C)C)cc1F. The van der Waals surface area contributed by atoms with Gasteiger partial charge in [0.25, 0.3) is 5.91 Å². The summed E-state index contributed by atoms with van der Waals surface area (Å²) < 4.78 is 32.7. The molecule has 0 heterocycles. The number of rotatable bonds is 7. The van der Waals surface area contributed by atoms with E-state index < -0.39 is 17.5 Å². The van der Waals surface area contributed by atoms with E-state index in [0.717, 1.165) is 12.1 Å². The Kier molecular flexibility index (Phi) is 6.55. The third-order valence-electron chi connectivity index (χ3n) is 3.06. The Morgan fingerprint density at radius 1 is 1.33 bits per heavy atom. The van der Waals surface area contributed by atoms with Gasteiger partial charge >= 0.3 is 0 Å². The van der Waals surface area contributed by atoms with Gasteiger partial charge < -0.3 is 15.0 Å². The quantitative estimate of drug-likeness (QED) is 0.842. The van der Waals surface area contributed by atoms with E-state index in [0.29, 0.717) is 19.7 Å². The lowest BCUT2D eigenvalue weighted by Crippen LogP contribution is -2.39. The van der Waals surface area contributed by atoms with Crippen molar-refractivity contribution in [1.29, 1.82) is 0 Å². The topological polar surface area (TPSA) is 41.6 Å². The predicted octanol–water partition coefficient (Wildman–Crippen LogP) is 2.89. The lowest BCUT2D eigenvalue weighted by molar-refractivity contribution is 0.0634. The van der Waals surface area contributed by atoms with Crippen molar-refractivity contribution in [2.75, 3.05) is 32.1 Å². The van der Waals surface area contributed by atoms with Crippen LogP contribution in [0.15, 0.2) is 12.1 Å². The molecule has 0 aliphatic heterocycles. The monoisotopic (exact) mass is 300 g/mol. The van der Waals surface area contributed by atoms with Gasteiger partial charge in [0.15, 0.2) is 0 Å². The number of ether oxygens (including phenoxy) is 1. The number of benzene rings is 1. The highest BCUT2D eigenvalue weighted by Crippen LogP contribution is 2.22. The fraction of sp³-hybridized carbons (Fsp3) is 0.533. The number of hydrogen-bond donors (Lipinski definition) is 1. The van der Waals surface area contributed by atoms with Gasteiger partial charge in [0, 0.05) is 31.8 Å². The van der Waals surface area contributed by atoms with Crippen molar-refractivity contribution < 1.29 is 18.3 Å². The lowest BCUT2D eigenvalue weighted by Gasteiger charge is -2.26. The number of hydrogen-bond acceptors (Lipinski definition) is 3. The summed E-state index contributed by atoms with van der Waals surface area (Å²) in [5, 5.41) is 2.60. The van der Waals surface area contributed by atoms with E-state index in [9.17, 15) is 13.6 Å². The number of nitrogens with one attached hydrogen (secondary N) is 1. The fourth-order valence-electron chi connectivity index (χ4n) is 1.99. The molecule has 0 bridgehead atoms. The molecule has 6 heteroatoms. The third-order valence-corrected chi connectivity index (χ3v) is 3.06. The van der Waals surface area contributed by atoms with E-state index in [1.54, 1.807) is 6.92 Å². The van der Waals surface area contributed by atoms with Crippen molar-refractivity contribution in [2.24, 2.45) is 0 Å². The van der Waals surface area contributed by atoms with Gasteiger partial charge in [-0.05, 0) is 32.9 Å². The van der Waals surface area contributed by atoms with E-state index in [2.05, 4.69) is 5.32 Å². The van der Waals surface area contributed by atoms with Crippen LogP contribution in [0.4, 0.5) is 14.5 Å². The zero-order chi connectivity index (χ0) is 16.0. The molecule has 0 aliphatic rings. The maximum absolute atomic E-state index is 13.9. The van der Waals surface area contributed by atoms with Gasteiger partial charge in [-0.3, -0.25) is 4.79 Å². The van der Waals surface area contributed by atoms with Crippen LogP contribution >= 0.6 is 0 Å². The molecule has 0 atom stereocenters.